The third-order valence-corrected chi connectivity index (χ3v) is 3.55. The minimum absolute atomic E-state index is 0.648. The van der Waals surface area contributed by atoms with Crippen LogP contribution in [0.2, 0.25) is 0 Å². The fourth-order valence-corrected chi connectivity index (χ4v) is 2.35. The van der Waals surface area contributed by atoms with E-state index in [4.69, 9.17) is 4.42 Å². The molecule has 0 amide bonds. The van der Waals surface area contributed by atoms with E-state index in [1.807, 2.05) is 12.1 Å². The molecule has 2 unspecified atom stereocenters. The number of furan rings is 1. The fourth-order valence-electron chi connectivity index (χ4n) is 2.35. The Bertz CT molecular complexity index is 297. The number of nitrogens with zero attached hydrogens (tertiary/aromatic N) is 1. The quantitative estimate of drug-likeness (QED) is 0.827. The van der Waals surface area contributed by atoms with Gasteiger partial charge in [0.1, 0.15) is 5.76 Å². The summed E-state index contributed by atoms with van der Waals surface area (Å²) in [5, 5.41) is 3.58. The summed E-state index contributed by atoms with van der Waals surface area (Å²) in [6, 6.07) is 4.66. The summed E-state index contributed by atoms with van der Waals surface area (Å²) in [5.41, 5.74) is 0. The second-order valence-corrected chi connectivity index (χ2v) is 4.73. The van der Waals surface area contributed by atoms with Gasteiger partial charge in [-0.25, -0.2) is 0 Å². The van der Waals surface area contributed by atoms with Crippen LogP contribution < -0.4 is 5.32 Å². The molecule has 0 spiro atoms. The first-order chi connectivity index (χ1) is 7.79. The molecule has 1 fully saturated rings. The van der Waals surface area contributed by atoms with E-state index in [0.29, 0.717) is 6.04 Å². The molecule has 0 aliphatic carbocycles. The summed E-state index contributed by atoms with van der Waals surface area (Å²) in [6.45, 7) is 8.84. The highest BCUT2D eigenvalue weighted by Crippen LogP contribution is 2.16. The van der Waals surface area contributed by atoms with E-state index in [2.05, 4.69) is 24.1 Å². The van der Waals surface area contributed by atoms with E-state index in [1.165, 1.54) is 13.0 Å². The zero-order chi connectivity index (χ0) is 11.4. The Morgan fingerprint density at radius 3 is 3.00 bits per heavy atom. The molecule has 1 N–H and O–H groups in total. The number of rotatable bonds is 5. The van der Waals surface area contributed by atoms with Gasteiger partial charge in [-0.05, 0) is 37.6 Å². The Hall–Kier alpha value is -0.800. The monoisotopic (exact) mass is 222 g/mol. The normalized spacial score (nSPS) is 25.4. The van der Waals surface area contributed by atoms with Gasteiger partial charge in [0.25, 0.3) is 0 Å². The maximum atomic E-state index is 5.40. The van der Waals surface area contributed by atoms with E-state index >= 15 is 0 Å². The van der Waals surface area contributed by atoms with Gasteiger partial charge in [-0.2, -0.15) is 0 Å². The number of nitrogens with one attached hydrogen (secondary N) is 1. The molecular weight excluding hydrogens is 200 g/mol. The molecule has 0 bridgehead atoms. The van der Waals surface area contributed by atoms with Gasteiger partial charge in [-0.15, -0.1) is 0 Å². The van der Waals surface area contributed by atoms with Crippen molar-refractivity contribution < 1.29 is 4.42 Å². The van der Waals surface area contributed by atoms with Crippen LogP contribution in [-0.2, 0) is 6.54 Å². The van der Waals surface area contributed by atoms with Crippen molar-refractivity contribution in [3.63, 3.8) is 0 Å². The maximum Gasteiger partial charge on any atom is 0.117 e. The molecular formula is C13H22N2O. The first-order valence-electron chi connectivity index (χ1n) is 6.27. The van der Waals surface area contributed by atoms with Crippen molar-refractivity contribution in [1.29, 1.82) is 0 Å². The maximum absolute atomic E-state index is 5.40. The molecule has 90 valence electrons. The predicted octanol–water partition coefficient (Wildman–Crippen LogP) is 2.10. The molecule has 16 heavy (non-hydrogen) atoms. The standard InChI is InChI=1S/C13H22N2O/c1-3-15(9-12-5-4-8-16-12)10-13-11(2)6-7-14-13/h4-5,8,11,13-14H,3,6-7,9-10H2,1-2H3. The van der Waals surface area contributed by atoms with Gasteiger partial charge < -0.3 is 9.73 Å². The third-order valence-electron chi connectivity index (χ3n) is 3.55. The minimum Gasteiger partial charge on any atom is -0.468 e. The Kier molecular flexibility index (Phi) is 4.02. The Morgan fingerprint density at radius 2 is 2.44 bits per heavy atom. The minimum atomic E-state index is 0.648. The summed E-state index contributed by atoms with van der Waals surface area (Å²) < 4.78 is 5.40. The number of hydrogen-bond acceptors (Lipinski definition) is 3. The van der Waals surface area contributed by atoms with Crippen LogP contribution in [0.3, 0.4) is 0 Å². The highest BCUT2D eigenvalue weighted by Gasteiger charge is 2.24. The first kappa shape index (κ1) is 11.7. The first-order valence-corrected chi connectivity index (χ1v) is 6.27. The molecule has 2 heterocycles. The van der Waals surface area contributed by atoms with Gasteiger partial charge in [-0.1, -0.05) is 13.8 Å². The van der Waals surface area contributed by atoms with Gasteiger partial charge in [0.15, 0.2) is 0 Å². The zero-order valence-electron chi connectivity index (χ0n) is 10.3. The highest BCUT2D eigenvalue weighted by molar-refractivity contribution is 4.98. The van der Waals surface area contributed by atoms with Gasteiger partial charge in [0.2, 0.25) is 0 Å². The molecule has 0 saturated carbocycles. The van der Waals surface area contributed by atoms with Crippen molar-refractivity contribution >= 4 is 0 Å². The summed E-state index contributed by atoms with van der Waals surface area (Å²) in [7, 11) is 0. The van der Waals surface area contributed by atoms with Gasteiger partial charge in [-0.3, -0.25) is 4.90 Å². The molecule has 1 aliphatic heterocycles. The average molecular weight is 222 g/mol. The predicted molar refractivity (Wildman–Crippen MR) is 65.2 cm³/mol. The summed E-state index contributed by atoms with van der Waals surface area (Å²) in [5.74, 6) is 1.86. The van der Waals surface area contributed by atoms with Crippen molar-refractivity contribution in [2.24, 2.45) is 5.92 Å². The van der Waals surface area contributed by atoms with Gasteiger partial charge in [0, 0.05) is 12.6 Å². The molecule has 1 saturated heterocycles. The molecule has 2 atom stereocenters. The molecule has 3 heteroatoms. The molecule has 0 aromatic carbocycles. The molecule has 1 aromatic heterocycles. The van der Waals surface area contributed by atoms with Crippen LogP contribution in [0, 0.1) is 5.92 Å². The molecule has 0 radical (unpaired) electrons. The third kappa shape index (κ3) is 2.86. The van der Waals surface area contributed by atoms with Crippen LogP contribution in [0.25, 0.3) is 0 Å². The largest absolute Gasteiger partial charge is 0.468 e. The van der Waals surface area contributed by atoms with E-state index in [0.717, 1.165) is 31.3 Å². The lowest BCUT2D eigenvalue weighted by atomic mass is 10.0. The summed E-state index contributed by atoms with van der Waals surface area (Å²) in [6.07, 6.45) is 3.06. The van der Waals surface area contributed by atoms with E-state index < -0.39 is 0 Å². The Labute approximate surface area is 97.8 Å². The van der Waals surface area contributed by atoms with Gasteiger partial charge in [0.05, 0.1) is 12.8 Å². The molecule has 3 nitrogen and oxygen atoms in total. The van der Waals surface area contributed by atoms with Gasteiger partial charge >= 0.3 is 0 Å². The lowest BCUT2D eigenvalue weighted by molar-refractivity contribution is 0.220. The van der Waals surface area contributed by atoms with E-state index in [1.54, 1.807) is 6.26 Å². The summed E-state index contributed by atoms with van der Waals surface area (Å²) in [4.78, 5) is 2.44. The van der Waals surface area contributed by atoms with Crippen molar-refractivity contribution in [3.05, 3.63) is 24.2 Å². The van der Waals surface area contributed by atoms with Crippen molar-refractivity contribution in [2.45, 2.75) is 32.9 Å². The van der Waals surface area contributed by atoms with Crippen LogP contribution in [0.4, 0.5) is 0 Å². The molecule has 1 aromatic rings. The van der Waals surface area contributed by atoms with Crippen LogP contribution in [0.15, 0.2) is 22.8 Å². The van der Waals surface area contributed by atoms with Crippen LogP contribution >= 0.6 is 0 Å². The molecule has 1 aliphatic rings. The lowest BCUT2D eigenvalue weighted by Gasteiger charge is -2.25. The zero-order valence-corrected chi connectivity index (χ0v) is 10.3. The van der Waals surface area contributed by atoms with E-state index in [-0.39, 0.29) is 0 Å². The highest BCUT2D eigenvalue weighted by atomic mass is 16.3. The number of hydrogen-bond donors (Lipinski definition) is 1. The van der Waals surface area contributed by atoms with Crippen LogP contribution in [0.5, 0.6) is 0 Å². The fraction of sp³-hybridized carbons (Fsp3) is 0.692. The lowest BCUT2D eigenvalue weighted by Crippen LogP contribution is -2.39. The smallest absolute Gasteiger partial charge is 0.117 e. The second kappa shape index (κ2) is 5.51. The number of likely N-dealkylation sites (N-methyl/N-ethyl adjacent to an activating group) is 1. The SMILES string of the molecule is CCN(Cc1ccco1)CC1NCCC1C. The average Bonchev–Trinajstić information content (AvgIpc) is 2.90. The topological polar surface area (TPSA) is 28.4 Å². The van der Waals surface area contributed by atoms with Crippen molar-refractivity contribution in [3.8, 4) is 0 Å². The van der Waals surface area contributed by atoms with Crippen LogP contribution in [-0.4, -0.2) is 30.6 Å². The molecule has 2 rings (SSSR count). The van der Waals surface area contributed by atoms with Crippen molar-refractivity contribution in [1.82, 2.24) is 10.2 Å². The second-order valence-electron chi connectivity index (χ2n) is 4.73. The Morgan fingerprint density at radius 1 is 1.56 bits per heavy atom. The van der Waals surface area contributed by atoms with E-state index in [9.17, 15) is 0 Å². The van der Waals surface area contributed by atoms with Crippen molar-refractivity contribution in [2.75, 3.05) is 19.6 Å². The summed E-state index contributed by atoms with van der Waals surface area (Å²) >= 11 is 0. The van der Waals surface area contributed by atoms with Crippen LogP contribution in [0.1, 0.15) is 26.0 Å². The Balaban J connectivity index is 1.85.